The van der Waals surface area contributed by atoms with Gasteiger partial charge in [0, 0.05) is 23.2 Å². The summed E-state index contributed by atoms with van der Waals surface area (Å²) in [4.78, 5) is 26.7. The number of rotatable bonds is 2. The molecule has 126 valence electrons. The number of aromatic nitrogens is 1. The van der Waals surface area contributed by atoms with Crippen LogP contribution in [0.15, 0.2) is 41.3 Å². The third-order valence-electron chi connectivity index (χ3n) is 4.35. The lowest BCUT2D eigenvalue weighted by Gasteiger charge is -2.42. The number of ether oxygens (including phenoxy) is 2. The van der Waals surface area contributed by atoms with Gasteiger partial charge in [0.25, 0.3) is 5.56 Å². The first-order valence-electron chi connectivity index (χ1n) is 7.62. The topological polar surface area (TPSA) is 88.6 Å². The average Bonchev–Trinajstić information content (AvgIpc) is 2.56. The van der Waals surface area contributed by atoms with Crippen molar-refractivity contribution in [3.8, 4) is 5.75 Å². The summed E-state index contributed by atoms with van der Waals surface area (Å²) in [6.45, 7) is 3.53. The summed E-state index contributed by atoms with van der Waals surface area (Å²) in [5.41, 5.74) is 0.177. The molecular weight excluding hydrogens is 310 g/mol. The molecule has 2 atom stereocenters. The zero-order valence-electron chi connectivity index (χ0n) is 13.7. The van der Waals surface area contributed by atoms with Gasteiger partial charge in [0.2, 0.25) is 0 Å². The van der Waals surface area contributed by atoms with Crippen LogP contribution < -0.4 is 10.3 Å². The molecule has 1 aliphatic rings. The molecule has 1 aromatic carbocycles. The van der Waals surface area contributed by atoms with Gasteiger partial charge >= 0.3 is 5.97 Å². The second-order valence-corrected chi connectivity index (χ2v) is 6.33. The first-order valence-corrected chi connectivity index (χ1v) is 7.62. The molecule has 2 heterocycles. The maximum absolute atomic E-state index is 12.3. The Kier molecular flexibility index (Phi) is 3.93. The maximum Gasteiger partial charge on any atom is 0.337 e. The molecule has 2 aromatic rings. The number of hydrogen-bond acceptors (Lipinski definition) is 5. The van der Waals surface area contributed by atoms with Crippen molar-refractivity contribution in [3.63, 3.8) is 0 Å². The predicted molar refractivity (Wildman–Crippen MR) is 87.4 cm³/mol. The number of H-pyrrole nitrogens is 1. The second-order valence-electron chi connectivity index (χ2n) is 6.33. The number of hydrogen-bond donors (Lipinski definition) is 2. The number of carbonyl (C=O) groups excluding carboxylic acids is 1. The molecule has 24 heavy (non-hydrogen) atoms. The van der Waals surface area contributed by atoms with E-state index < -0.39 is 23.6 Å². The number of carbonyl (C=O) groups is 1. The zero-order valence-corrected chi connectivity index (χ0v) is 13.7. The summed E-state index contributed by atoms with van der Waals surface area (Å²) in [7, 11) is 1.30. The number of pyridine rings is 1. The largest absolute Gasteiger partial charge is 0.485 e. The van der Waals surface area contributed by atoms with Gasteiger partial charge < -0.3 is 19.6 Å². The minimum absolute atomic E-state index is 0.284. The van der Waals surface area contributed by atoms with E-state index in [4.69, 9.17) is 9.47 Å². The van der Waals surface area contributed by atoms with Gasteiger partial charge in [-0.1, -0.05) is 6.07 Å². The third kappa shape index (κ3) is 2.59. The Labute approximate surface area is 139 Å². The minimum atomic E-state index is -0.957. The molecule has 0 spiro atoms. The van der Waals surface area contributed by atoms with Gasteiger partial charge in [0.1, 0.15) is 17.5 Å². The fraction of sp³-hybridized carbons (Fsp3) is 0.333. The summed E-state index contributed by atoms with van der Waals surface area (Å²) in [5.74, 6) is -0.567. The molecule has 0 saturated heterocycles. The Morgan fingerprint density at radius 2 is 2.04 bits per heavy atom. The lowest BCUT2D eigenvalue weighted by atomic mass is 9.77. The van der Waals surface area contributed by atoms with Crippen molar-refractivity contribution in [2.24, 2.45) is 0 Å². The molecule has 2 N–H and O–H groups in total. The number of aliphatic hydroxyl groups excluding tert-OH is 1. The smallest absolute Gasteiger partial charge is 0.337 e. The normalized spacial score (nSPS) is 21.5. The van der Waals surface area contributed by atoms with E-state index in [1.165, 1.54) is 13.3 Å². The van der Waals surface area contributed by atoms with Crippen molar-refractivity contribution in [3.05, 3.63) is 63.6 Å². The van der Waals surface area contributed by atoms with Crippen LogP contribution in [-0.2, 0) is 4.74 Å². The Morgan fingerprint density at radius 1 is 1.29 bits per heavy atom. The van der Waals surface area contributed by atoms with Gasteiger partial charge in [0.05, 0.1) is 12.7 Å². The Morgan fingerprint density at radius 3 is 2.71 bits per heavy atom. The quantitative estimate of drug-likeness (QED) is 0.821. The van der Waals surface area contributed by atoms with E-state index in [0.29, 0.717) is 22.4 Å². The molecule has 0 amide bonds. The number of benzene rings is 1. The molecule has 0 bridgehead atoms. The lowest BCUT2D eigenvalue weighted by Crippen LogP contribution is -2.50. The number of aliphatic hydroxyl groups is 1. The second kappa shape index (κ2) is 5.79. The van der Waals surface area contributed by atoms with Crippen LogP contribution in [0.1, 0.15) is 41.3 Å². The molecule has 0 radical (unpaired) electrons. The standard InChI is InChI=1S/C18H19NO5/c1-18(2)15(20)14(11-5-4-8-19-16(11)21)12-9-10(17(22)23-3)6-7-13(12)24-18/h4-9,14-15,20H,1-3H3,(H,19,21). The van der Waals surface area contributed by atoms with Crippen LogP contribution in [0, 0.1) is 0 Å². The molecular formula is C18H19NO5. The third-order valence-corrected chi connectivity index (χ3v) is 4.35. The van der Waals surface area contributed by atoms with Crippen LogP contribution >= 0.6 is 0 Å². The first kappa shape index (κ1) is 16.3. The highest BCUT2D eigenvalue weighted by atomic mass is 16.5. The van der Waals surface area contributed by atoms with Crippen molar-refractivity contribution in [1.29, 1.82) is 0 Å². The maximum atomic E-state index is 12.3. The molecule has 6 nitrogen and oxygen atoms in total. The van der Waals surface area contributed by atoms with E-state index in [1.54, 1.807) is 44.2 Å². The summed E-state index contributed by atoms with van der Waals surface area (Å²) in [6.07, 6.45) is 0.579. The number of nitrogens with one attached hydrogen (secondary N) is 1. The van der Waals surface area contributed by atoms with Gasteiger partial charge in [-0.2, -0.15) is 0 Å². The highest BCUT2D eigenvalue weighted by Gasteiger charge is 2.44. The van der Waals surface area contributed by atoms with Crippen LogP contribution in [0.2, 0.25) is 0 Å². The van der Waals surface area contributed by atoms with Crippen LogP contribution in [-0.4, -0.2) is 34.9 Å². The first-order chi connectivity index (χ1) is 11.3. The number of aromatic amines is 1. The number of fused-ring (bicyclic) bond motifs is 1. The van der Waals surface area contributed by atoms with Crippen LogP contribution in [0.3, 0.4) is 0 Å². The fourth-order valence-corrected chi connectivity index (χ4v) is 3.06. The summed E-state index contributed by atoms with van der Waals surface area (Å²) in [5, 5.41) is 10.8. The monoisotopic (exact) mass is 329 g/mol. The summed E-state index contributed by atoms with van der Waals surface area (Å²) < 4.78 is 10.6. The highest BCUT2D eigenvalue weighted by molar-refractivity contribution is 5.90. The van der Waals surface area contributed by atoms with E-state index in [0.717, 1.165) is 0 Å². The van der Waals surface area contributed by atoms with E-state index in [1.807, 2.05) is 0 Å². The summed E-state index contributed by atoms with van der Waals surface area (Å²) >= 11 is 0. The predicted octanol–water partition coefficient (Wildman–Crippen LogP) is 1.83. The van der Waals surface area contributed by atoms with Crippen LogP contribution in [0.4, 0.5) is 0 Å². The van der Waals surface area contributed by atoms with Gasteiger partial charge in [-0.15, -0.1) is 0 Å². The number of esters is 1. The van der Waals surface area contributed by atoms with Gasteiger partial charge in [-0.25, -0.2) is 4.79 Å². The molecule has 0 aliphatic carbocycles. The van der Waals surface area contributed by atoms with E-state index in [9.17, 15) is 14.7 Å². The van der Waals surface area contributed by atoms with Gasteiger partial charge in [-0.05, 0) is 38.1 Å². The van der Waals surface area contributed by atoms with Gasteiger partial charge in [0.15, 0.2) is 0 Å². The molecule has 6 heteroatoms. The van der Waals surface area contributed by atoms with Gasteiger partial charge in [-0.3, -0.25) is 4.79 Å². The zero-order chi connectivity index (χ0) is 17.5. The highest BCUT2D eigenvalue weighted by Crippen LogP contribution is 2.43. The SMILES string of the molecule is COC(=O)c1ccc2c(c1)C(c1ccc[nH]c1=O)C(O)C(C)(C)O2. The van der Waals surface area contributed by atoms with Crippen molar-refractivity contribution in [1.82, 2.24) is 4.98 Å². The molecule has 1 aliphatic heterocycles. The lowest BCUT2D eigenvalue weighted by molar-refractivity contribution is -0.0514. The molecule has 3 rings (SSSR count). The van der Waals surface area contributed by atoms with E-state index in [2.05, 4.69) is 4.98 Å². The minimum Gasteiger partial charge on any atom is -0.485 e. The van der Waals surface area contributed by atoms with Crippen molar-refractivity contribution >= 4 is 5.97 Å². The Balaban J connectivity index is 2.23. The van der Waals surface area contributed by atoms with Crippen LogP contribution in [0.5, 0.6) is 5.75 Å². The number of methoxy groups -OCH3 is 1. The van der Waals surface area contributed by atoms with E-state index in [-0.39, 0.29) is 5.56 Å². The Hall–Kier alpha value is -2.60. The Bertz CT molecular complexity index is 839. The van der Waals surface area contributed by atoms with Crippen molar-refractivity contribution < 1.29 is 19.4 Å². The average molecular weight is 329 g/mol. The van der Waals surface area contributed by atoms with Crippen molar-refractivity contribution in [2.45, 2.75) is 31.5 Å². The molecule has 0 saturated carbocycles. The van der Waals surface area contributed by atoms with Crippen LogP contribution in [0.25, 0.3) is 0 Å². The molecule has 2 unspecified atom stereocenters. The van der Waals surface area contributed by atoms with E-state index >= 15 is 0 Å². The molecule has 1 aromatic heterocycles. The van der Waals surface area contributed by atoms with Crippen molar-refractivity contribution in [2.75, 3.05) is 7.11 Å². The summed E-state index contributed by atoms with van der Waals surface area (Å²) in [6, 6.07) is 8.25. The fourth-order valence-electron chi connectivity index (χ4n) is 3.06. The molecule has 0 fully saturated rings.